The third kappa shape index (κ3) is 4.50. The van der Waals surface area contributed by atoms with E-state index < -0.39 is 0 Å². The second-order valence-electron chi connectivity index (χ2n) is 15.0. The zero-order chi connectivity index (χ0) is 25.2. The largest absolute Gasteiger partial charge is 0.373 e. The molecular weight excluding hydrogens is 456 g/mol. The van der Waals surface area contributed by atoms with Crippen molar-refractivity contribution in [2.45, 2.75) is 177 Å². The Morgan fingerprint density at radius 2 is 1.06 bits per heavy atom. The van der Waals surface area contributed by atoms with Gasteiger partial charge in [0.15, 0.2) is 0 Å². The van der Waals surface area contributed by atoms with Crippen LogP contribution in [-0.4, -0.2) is 71.2 Å². The zero-order valence-corrected chi connectivity index (χ0v) is 23.4. The Kier molecular flexibility index (Phi) is 5.29. The van der Waals surface area contributed by atoms with Gasteiger partial charge >= 0.3 is 0 Å². The predicted molar refractivity (Wildman–Crippen MR) is 135 cm³/mol. The maximum Gasteiger partial charge on any atom is 0.0949 e. The zero-order valence-electron chi connectivity index (χ0n) is 23.4. The molecule has 0 spiro atoms. The highest BCUT2D eigenvalue weighted by Crippen LogP contribution is 2.62. The number of epoxide rings is 6. The molecule has 0 aromatic rings. The van der Waals surface area contributed by atoms with E-state index in [1.165, 1.54) is 25.7 Å². The van der Waals surface area contributed by atoms with E-state index in [1.807, 2.05) is 0 Å². The fourth-order valence-electron chi connectivity index (χ4n) is 7.91. The van der Waals surface area contributed by atoms with Crippen molar-refractivity contribution < 1.29 is 28.4 Å². The number of hydrogen-bond donors (Lipinski definition) is 0. The minimum absolute atomic E-state index is 0.0560. The van der Waals surface area contributed by atoms with E-state index in [1.54, 1.807) is 0 Å². The summed E-state index contributed by atoms with van der Waals surface area (Å²) in [7, 11) is 0. The summed E-state index contributed by atoms with van der Waals surface area (Å²) in [6, 6.07) is 0. The van der Waals surface area contributed by atoms with Crippen LogP contribution in [-0.2, 0) is 28.4 Å². The number of rotatable bonds is 13. The van der Waals surface area contributed by atoms with Crippen LogP contribution in [0.1, 0.15) is 112 Å². The Morgan fingerprint density at radius 1 is 0.556 bits per heavy atom. The molecule has 0 aromatic heterocycles. The van der Waals surface area contributed by atoms with Gasteiger partial charge in [-0.25, -0.2) is 0 Å². The van der Waals surface area contributed by atoms with Crippen molar-refractivity contribution in [2.75, 3.05) is 6.61 Å². The molecule has 1 aliphatic carbocycles. The first kappa shape index (κ1) is 24.8. The fourth-order valence-corrected chi connectivity index (χ4v) is 7.91. The lowest BCUT2D eigenvalue weighted by Gasteiger charge is -2.37. The minimum atomic E-state index is 0.0560. The summed E-state index contributed by atoms with van der Waals surface area (Å²) < 4.78 is 36.4. The average Bonchev–Trinajstić information content (AvgIpc) is 3.55. The first-order valence-corrected chi connectivity index (χ1v) is 14.9. The van der Waals surface area contributed by atoms with Crippen molar-refractivity contribution in [1.29, 1.82) is 0 Å². The normalized spacial score (nSPS) is 54.5. The van der Waals surface area contributed by atoms with Crippen LogP contribution < -0.4 is 0 Å². The molecule has 0 aromatic carbocycles. The Balaban J connectivity index is 0.860. The van der Waals surface area contributed by atoms with Gasteiger partial charge in [0.2, 0.25) is 0 Å². The lowest BCUT2D eigenvalue weighted by atomic mass is 9.65. The van der Waals surface area contributed by atoms with E-state index >= 15 is 0 Å². The minimum Gasteiger partial charge on any atom is -0.373 e. The summed E-state index contributed by atoms with van der Waals surface area (Å²) in [4.78, 5) is 0. The summed E-state index contributed by atoms with van der Waals surface area (Å²) in [6.07, 6.45) is 15.2. The van der Waals surface area contributed by atoms with Crippen molar-refractivity contribution in [3.63, 3.8) is 0 Å². The van der Waals surface area contributed by atoms with Gasteiger partial charge < -0.3 is 28.4 Å². The number of hydrogen-bond acceptors (Lipinski definition) is 6. The van der Waals surface area contributed by atoms with E-state index in [-0.39, 0.29) is 28.0 Å². The van der Waals surface area contributed by atoms with Crippen LogP contribution in [0.5, 0.6) is 0 Å². The highest BCUT2D eigenvalue weighted by molar-refractivity contribution is 5.15. The quantitative estimate of drug-likeness (QED) is 0.309. The molecular formula is C30H48O6. The molecule has 1 saturated carbocycles. The Bertz CT molecular complexity index is 900. The molecule has 0 radical (unpaired) electrons. The monoisotopic (exact) mass is 504 g/mol. The molecule has 204 valence electrons. The lowest BCUT2D eigenvalue weighted by molar-refractivity contribution is 0.111. The second-order valence-corrected chi connectivity index (χ2v) is 15.0. The first-order chi connectivity index (χ1) is 16.9. The molecule has 0 amide bonds. The van der Waals surface area contributed by atoms with Crippen molar-refractivity contribution in [2.24, 2.45) is 5.41 Å². The fraction of sp³-hybridized carbons (Fsp3) is 1.00. The molecule has 10 unspecified atom stereocenters. The van der Waals surface area contributed by atoms with E-state index in [0.717, 1.165) is 51.6 Å². The molecule has 6 heteroatoms. The van der Waals surface area contributed by atoms with Gasteiger partial charge in [-0.15, -0.1) is 0 Å². The summed E-state index contributed by atoms with van der Waals surface area (Å²) >= 11 is 0. The van der Waals surface area contributed by atoms with Gasteiger partial charge in [0.05, 0.1) is 71.2 Å². The van der Waals surface area contributed by atoms with Crippen molar-refractivity contribution in [1.82, 2.24) is 0 Å². The van der Waals surface area contributed by atoms with Gasteiger partial charge in [0.1, 0.15) is 0 Å². The standard InChI is InChI=1S/C30H48O6/c1-25(2)19(32-25)7-11-27(5)21(34-27)9-13-29(24-18-31-24)15-16-30(23(17-29)36-30)14-10-22-28(6,35-22)12-8-20-26(3,4)33-20/h19-24H,7-18H2,1-6H3. The summed E-state index contributed by atoms with van der Waals surface area (Å²) in [5, 5.41) is 0. The van der Waals surface area contributed by atoms with Crippen LogP contribution in [0.3, 0.4) is 0 Å². The molecule has 36 heavy (non-hydrogen) atoms. The van der Waals surface area contributed by atoms with Crippen LogP contribution in [0.15, 0.2) is 0 Å². The van der Waals surface area contributed by atoms with Gasteiger partial charge in [-0.2, -0.15) is 0 Å². The van der Waals surface area contributed by atoms with Crippen LogP contribution in [0.2, 0.25) is 0 Å². The molecule has 6 nitrogen and oxygen atoms in total. The molecule has 6 aliphatic heterocycles. The summed E-state index contributed by atoms with van der Waals surface area (Å²) in [6.45, 7) is 14.3. The van der Waals surface area contributed by atoms with Crippen LogP contribution in [0.25, 0.3) is 0 Å². The van der Waals surface area contributed by atoms with Crippen LogP contribution in [0.4, 0.5) is 0 Å². The third-order valence-electron chi connectivity index (χ3n) is 11.5. The first-order valence-electron chi connectivity index (χ1n) is 14.9. The Hall–Kier alpha value is -0.240. The highest BCUT2D eigenvalue weighted by atomic mass is 16.6. The van der Waals surface area contributed by atoms with E-state index in [0.29, 0.717) is 42.0 Å². The van der Waals surface area contributed by atoms with Gasteiger partial charge in [0, 0.05) is 5.41 Å². The summed E-state index contributed by atoms with van der Waals surface area (Å²) in [5.41, 5.74) is 0.693. The third-order valence-corrected chi connectivity index (χ3v) is 11.5. The van der Waals surface area contributed by atoms with Crippen molar-refractivity contribution in [3.8, 4) is 0 Å². The second kappa shape index (κ2) is 7.69. The smallest absolute Gasteiger partial charge is 0.0949 e. The summed E-state index contributed by atoms with van der Waals surface area (Å²) in [5.74, 6) is 0. The highest BCUT2D eigenvalue weighted by Gasteiger charge is 2.66. The number of ether oxygens (including phenoxy) is 6. The molecule has 10 atom stereocenters. The van der Waals surface area contributed by atoms with Gasteiger partial charge in [-0.05, 0) is 112 Å². The van der Waals surface area contributed by atoms with E-state index in [9.17, 15) is 0 Å². The van der Waals surface area contributed by atoms with Gasteiger partial charge in [-0.1, -0.05) is 0 Å². The SMILES string of the molecule is CC1(C)OC1CCC1(C)OC1CCC1(C2CO2)CCC2(CCC3OC3(C)CCC3OC3(C)C)OC2C1. The molecule has 6 heterocycles. The molecule has 0 bridgehead atoms. The van der Waals surface area contributed by atoms with Gasteiger partial charge in [-0.3, -0.25) is 0 Å². The van der Waals surface area contributed by atoms with Crippen molar-refractivity contribution >= 4 is 0 Å². The number of fused-ring (bicyclic) bond motifs is 1. The maximum absolute atomic E-state index is 6.46. The van der Waals surface area contributed by atoms with Gasteiger partial charge in [0.25, 0.3) is 0 Å². The molecule has 7 rings (SSSR count). The molecule has 0 N–H and O–H groups in total. The van der Waals surface area contributed by atoms with Crippen LogP contribution >= 0.6 is 0 Å². The average molecular weight is 505 g/mol. The maximum atomic E-state index is 6.46. The van der Waals surface area contributed by atoms with Crippen molar-refractivity contribution in [3.05, 3.63) is 0 Å². The van der Waals surface area contributed by atoms with E-state index in [2.05, 4.69) is 41.5 Å². The van der Waals surface area contributed by atoms with E-state index in [4.69, 9.17) is 28.4 Å². The Morgan fingerprint density at radius 3 is 1.53 bits per heavy atom. The lowest BCUT2D eigenvalue weighted by Crippen LogP contribution is -2.38. The predicted octanol–water partition coefficient (Wildman–Crippen LogP) is 5.48. The molecule has 7 aliphatic rings. The van der Waals surface area contributed by atoms with Crippen LogP contribution in [0, 0.1) is 5.41 Å². The molecule has 6 saturated heterocycles. The molecule has 7 fully saturated rings. The Labute approximate surface area is 217 Å². The topological polar surface area (TPSA) is 75.2 Å².